The molecular weight excluding hydrogens is 360 g/mol. The van der Waals surface area contributed by atoms with Crippen molar-refractivity contribution in [2.45, 2.75) is 24.9 Å². The van der Waals surface area contributed by atoms with Crippen LogP contribution in [-0.4, -0.2) is 23.2 Å². The summed E-state index contributed by atoms with van der Waals surface area (Å²) in [5, 5.41) is 4.49. The van der Waals surface area contributed by atoms with Gasteiger partial charge in [0.25, 0.3) is 0 Å². The lowest BCUT2D eigenvalue weighted by Crippen LogP contribution is -2.24. The molecule has 0 saturated heterocycles. The lowest BCUT2D eigenvalue weighted by atomic mass is 10.1. The SMILES string of the molecule is Cc1c(Cl)cccc1S(=O)(=O)NCc1cccc(Cn2cncn2)c1. The number of rotatable bonds is 6. The predicted octanol–water partition coefficient (Wildman–Crippen LogP) is 2.77. The summed E-state index contributed by atoms with van der Waals surface area (Å²) >= 11 is 6.02. The Hall–Kier alpha value is -2.22. The second-order valence-electron chi connectivity index (χ2n) is 5.60. The summed E-state index contributed by atoms with van der Waals surface area (Å²) in [6, 6.07) is 12.5. The van der Waals surface area contributed by atoms with E-state index in [4.69, 9.17) is 11.6 Å². The highest BCUT2D eigenvalue weighted by Gasteiger charge is 2.17. The van der Waals surface area contributed by atoms with Gasteiger partial charge in [0.2, 0.25) is 10.0 Å². The van der Waals surface area contributed by atoms with Crippen LogP contribution in [0.2, 0.25) is 5.02 Å². The lowest BCUT2D eigenvalue weighted by Gasteiger charge is -2.11. The first kappa shape index (κ1) is 17.6. The zero-order valence-corrected chi connectivity index (χ0v) is 15.1. The molecular formula is C17H17ClN4O2S. The zero-order valence-electron chi connectivity index (χ0n) is 13.6. The van der Waals surface area contributed by atoms with Crippen molar-refractivity contribution >= 4 is 21.6 Å². The molecule has 0 fully saturated rings. The molecule has 0 atom stereocenters. The van der Waals surface area contributed by atoms with Crippen LogP contribution in [0.5, 0.6) is 0 Å². The third kappa shape index (κ3) is 4.25. The van der Waals surface area contributed by atoms with Crippen molar-refractivity contribution in [1.82, 2.24) is 19.5 Å². The Kier molecular flexibility index (Phi) is 5.17. The van der Waals surface area contributed by atoms with Gasteiger partial charge >= 0.3 is 0 Å². The number of halogens is 1. The van der Waals surface area contributed by atoms with Gasteiger partial charge in [-0.2, -0.15) is 5.10 Å². The maximum Gasteiger partial charge on any atom is 0.241 e. The Morgan fingerprint density at radius 2 is 1.92 bits per heavy atom. The summed E-state index contributed by atoms with van der Waals surface area (Å²) in [6.07, 6.45) is 3.11. The van der Waals surface area contributed by atoms with E-state index in [1.165, 1.54) is 6.33 Å². The molecule has 2 aromatic carbocycles. The number of nitrogens with one attached hydrogen (secondary N) is 1. The summed E-state index contributed by atoms with van der Waals surface area (Å²) in [4.78, 5) is 4.10. The van der Waals surface area contributed by atoms with Crippen molar-refractivity contribution in [2.75, 3.05) is 0 Å². The molecule has 1 aromatic heterocycles. The summed E-state index contributed by atoms with van der Waals surface area (Å²) in [5.74, 6) is 0. The number of sulfonamides is 1. The van der Waals surface area contributed by atoms with Crippen molar-refractivity contribution in [3.63, 3.8) is 0 Å². The normalized spacial score (nSPS) is 11.6. The monoisotopic (exact) mass is 376 g/mol. The molecule has 1 N–H and O–H groups in total. The summed E-state index contributed by atoms with van der Waals surface area (Å²) in [5.41, 5.74) is 2.42. The molecule has 3 rings (SSSR count). The number of aromatic nitrogens is 3. The Labute approximate surface area is 151 Å². The molecule has 0 saturated carbocycles. The molecule has 0 aliphatic carbocycles. The molecule has 0 spiro atoms. The quantitative estimate of drug-likeness (QED) is 0.717. The summed E-state index contributed by atoms with van der Waals surface area (Å²) in [6.45, 7) is 2.46. The van der Waals surface area contributed by atoms with Crippen molar-refractivity contribution < 1.29 is 8.42 Å². The molecule has 6 nitrogen and oxygen atoms in total. The lowest BCUT2D eigenvalue weighted by molar-refractivity contribution is 0.580. The van der Waals surface area contributed by atoms with Gasteiger partial charge in [-0.15, -0.1) is 0 Å². The average Bonchev–Trinajstić information content (AvgIpc) is 3.09. The number of hydrogen-bond acceptors (Lipinski definition) is 4. The minimum atomic E-state index is -3.64. The summed E-state index contributed by atoms with van der Waals surface area (Å²) in [7, 11) is -3.64. The Bertz CT molecular complexity index is 972. The van der Waals surface area contributed by atoms with E-state index < -0.39 is 10.0 Å². The van der Waals surface area contributed by atoms with E-state index >= 15 is 0 Å². The maximum absolute atomic E-state index is 12.5. The Morgan fingerprint density at radius 3 is 2.68 bits per heavy atom. The van der Waals surface area contributed by atoms with Gasteiger partial charge in [-0.25, -0.2) is 22.8 Å². The van der Waals surface area contributed by atoms with Crippen molar-refractivity contribution in [3.8, 4) is 0 Å². The van der Waals surface area contributed by atoms with Crippen molar-refractivity contribution in [3.05, 3.63) is 76.8 Å². The first-order valence-electron chi connectivity index (χ1n) is 7.61. The van der Waals surface area contributed by atoms with Gasteiger partial charge in [-0.05, 0) is 35.7 Å². The van der Waals surface area contributed by atoms with E-state index in [1.54, 1.807) is 36.1 Å². The topological polar surface area (TPSA) is 76.9 Å². The van der Waals surface area contributed by atoms with Crippen molar-refractivity contribution in [1.29, 1.82) is 0 Å². The predicted molar refractivity (Wildman–Crippen MR) is 95.8 cm³/mol. The van der Waals surface area contributed by atoms with Gasteiger partial charge in [0.1, 0.15) is 12.7 Å². The van der Waals surface area contributed by atoms with Crippen LogP contribution in [0.25, 0.3) is 0 Å². The third-order valence-electron chi connectivity index (χ3n) is 3.78. The number of hydrogen-bond donors (Lipinski definition) is 1. The highest BCUT2D eigenvalue weighted by molar-refractivity contribution is 7.89. The molecule has 0 bridgehead atoms. The van der Waals surface area contributed by atoms with Crippen LogP contribution in [0.15, 0.2) is 60.0 Å². The smallest absolute Gasteiger partial charge is 0.241 e. The highest BCUT2D eigenvalue weighted by Crippen LogP contribution is 2.22. The number of nitrogens with zero attached hydrogens (tertiary/aromatic N) is 3. The van der Waals surface area contributed by atoms with E-state index in [2.05, 4.69) is 14.8 Å². The van der Waals surface area contributed by atoms with Crippen molar-refractivity contribution in [2.24, 2.45) is 0 Å². The van der Waals surface area contributed by atoms with Crippen LogP contribution >= 0.6 is 11.6 Å². The second-order valence-corrected chi connectivity index (χ2v) is 7.74. The Morgan fingerprint density at radius 1 is 1.16 bits per heavy atom. The third-order valence-corrected chi connectivity index (χ3v) is 5.73. The fourth-order valence-electron chi connectivity index (χ4n) is 2.47. The minimum Gasteiger partial charge on any atom is -0.249 e. The van der Waals surface area contributed by atoms with E-state index in [0.29, 0.717) is 17.1 Å². The Balaban J connectivity index is 1.73. The molecule has 3 aromatic rings. The van der Waals surface area contributed by atoms with Gasteiger partial charge in [0.15, 0.2) is 0 Å². The standard InChI is InChI=1S/C17H17ClN4O2S/c1-13-16(18)6-3-7-17(13)25(23,24)21-9-14-4-2-5-15(8-14)10-22-12-19-11-20-22/h2-8,11-12,21H,9-10H2,1H3. The first-order chi connectivity index (χ1) is 12.0. The first-order valence-corrected chi connectivity index (χ1v) is 9.47. The van der Waals surface area contributed by atoms with Crippen LogP contribution < -0.4 is 4.72 Å². The van der Waals surface area contributed by atoms with E-state index in [1.807, 2.05) is 24.3 Å². The van der Waals surface area contributed by atoms with E-state index in [9.17, 15) is 8.42 Å². The average molecular weight is 377 g/mol. The molecule has 1 heterocycles. The maximum atomic E-state index is 12.5. The van der Waals surface area contributed by atoms with Gasteiger partial charge in [-0.3, -0.25) is 0 Å². The van der Waals surface area contributed by atoms with Gasteiger partial charge in [0.05, 0.1) is 11.4 Å². The highest BCUT2D eigenvalue weighted by atomic mass is 35.5. The summed E-state index contributed by atoms with van der Waals surface area (Å²) < 4.78 is 29.4. The fraction of sp³-hybridized carbons (Fsp3) is 0.176. The number of benzene rings is 2. The van der Waals surface area contributed by atoms with Crippen LogP contribution in [0, 0.1) is 6.92 Å². The fourth-order valence-corrected chi connectivity index (χ4v) is 3.99. The van der Waals surface area contributed by atoms with Crippen LogP contribution in [-0.2, 0) is 23.1 Å². The van der Waals surface area contributed by atoms with E-state index in [-0.39, 0.29) is 11.4 Å². The molecule has 25 heavy (non-hydrogen) atoms. The largest absolute Gasteiger partial charge is 0.249 e. The molecule has 0 amide bonds. The van der Waals surface area contributed by atoms with Crippen LogP contribution in [0.4, 0.5) is 0 Å². The molecule has 0 aliphatic rings. The minimum absolute atomic E-state index is 0.193. The molecule has 8 heteroatoms. The van der Waals surface area contributed by atoms with Gasteiger partial charge < -0.3 is 0 Å². The van der Waals surface area contributed by atoms with Gasteiger partial charge in [-0.1, -0.05) is 41.9 Å². The van der Waals surface area contributed by atoms with Crippen LogP contribution in [0.3, 0.4) is 0 Å². The van der Waals surface area contributed by atoms with Gasteiger partial charge in [0, 0.05) is 11.6 Å². The molecule has 0 aliphatic heterocycles. The molecule has 0 radical (unpaired) electrons. The second kappa shape index (κ2) is 7.35. The molecule has 0 unspecified atom stereocenters. The van der Waals surface area contributed by atoms with Crippen LogP contribution in [0.1, 0.15) is 16.7 Å². The molecule has 130 valence electrons. The van der Waals surface area contributed by atoms with E-state index in [0.717, 1.165) is 11.1 Å². The zero-order chi connectivity index (χ0) is 17.9.